The van der Waals surface area contributed by atoms with E-state index in [0.29, 0.717) is 0 Å². The molecule has 0 amide bonds. The molecule has 0 saturated carbocycles. The van der Waals surface area contributed by atoms with Gasteiger partial charge in [0.2, 0.25) is 0 Å². The van der Waals surface area contributed by atoms with Gasteiger partial charge in [-0.25, -0.2) is 0 Å². The van der Waals surface area contributed by atoms with Gasteiger partial charge in [0.05, 0.1) is 0 Å². The molecule has 0 saturated heterocycles. The lowest BCUT2D eigenvalue weighted by Crippen LogP contribution is -2.18. The molecular formula is C13H25N. The van der Waals surface area contributed by atoms with E-state index in [0.717, 1.165) is 0 Å². The Labute approximate surface area is 89.5 Å². The quantitative estimate of drug-likeness (QED) is 0.656. The molecule has 0 aromatic carbocycles. The molecule has 0 fully saturated rings. The zero-order valence-electron chi connectivity index (χ0n) is 10.2. The number of rotatable bonds is 4. The average Bonchev–Trinajstić information content (AvgIpc) is 2.30. The van der Waals surface area contributed by atoms with Crippen LogP contribution in [0.15, 0.2) is 23.9 Å². The summed E-state index contributed by atoms with van der Waals surface area (Å²) in [6, 6.07) is 0. The minimum absolute atomic E-state index is 1.19. The summed E-state index contributed by atoms with van der Waals surface area (Å²) in [7, 11) is 2.18. The van der Waals surface area contributed by atoms with Crippen molar-refractivity contribution in [2.75, 3.05) is 13.6 Å². The Morgan fingerprint density at radius 2 is 2.00 bits per heavy atom. The topological polar surface area (TPSA) is 3.24 Å². The fourth-order valence-corrected chi connectivity index (χ4v) is 1.41. The zero-order chi connectivity index (χ0) is 10.8. The third kappa shape index (κ3) is 5.11. The summed E-state index contributed by atoms with van der Waals surface area (Å²) >= 11 is 0. The van der Waals surface area contributed by atoms with Crippen LogP contribution in [0.5, 0.6) is 0 Å². The van der Waals surface area contributed by atoms with E-state index >= 15 is 0 Å². The Kier molecular flexibility index (Phi) is 8.40. The predicted octanol–water partition coefficient (Wildman–Crippen LogP) is 3.98. The first kappa shape index (κ1) is 13.3. The highest BCUT2D eigenvalue weighted by molar-refractivity contribution is 5.20. The number of nitrogens with zero attached hydrogens (tertiary/aromatic N) is 1. The van der Waals surface area contributed by atoms with Crippen molar-refractivity contribution in [1.82, 2.24) is 4.90 Å². The van der Waals surface area contributed by atoms with Crippen LogP contribution in [0, 0.1) is 0 Å². The standard InChI is InChI=1S/C11H19N.C2H6/c1-3-4-10-12(2)11-8-6-5-7-9-11;1-2/h6,8-9H,3-5,7,10H2,1-2H3;1-2H3. The van der Waals surface area contributed by atoms with E-state index in [1.807, 2.05) is 13.8 Å². The molecule has 14 heavy (non-hydrogen) atoms. The summed E-state index contributed by atoms with van der Waals surface area (Å²) < 4.78 is 0. The molecule has 1 aliphatic carbocycles. The summed E-state index contributed by atoms with van der Waals surface area (Å²) in [6.45, 7) is 7.42. The van der Waals surface area contributed by atoms with E-state index in [1.54, 1.807) is 0 Å². The Hall–Kier alpha value is -0.720. The third-order valence-electron chi connectivity index (χ3n) is 2.26. The van der Waals surface area contributed by atoms with Gasteiger partial charge in [0.1, 0.15) is 0 Å². The Morgan fingerprint density at radius 3 is 2.50 bits per heavy atom. The van der Waals surface area contributed by atoms with Crippen molar-refractivity contribution in [2.45, 2.75) is 46.5 Å². The maximum Gasteiger partial charge on any atom is 0.0319 e. The third-order valence-corrected chi connectivity index (χ3v) is 2.26. The van der Waals surface area contributed by atoms with Crippen molar-refractivity contribution in [1.29, 1.82) is 0 Å². The fraction of sp³-hybridized carbons (Fsp3) is 0.692. The predicted molar refractivity (Wildman–Crippen MR) is 65.3 cm³/mol. The van der Waals surface area contributed by atoms with Crippen LogP contribution in [0.4, 0.5) is 0 Å². The summed E-state index contributed by atoms with van der Waals surface area (Å²) in [4.78, 5) is 2.35. The number of hydrogen-bond acceptors (Lipinski definition) is 1. The van der Waals surface area contributed by atoms with Crippen LogP contribution in [0.1, 0.15) is 46.5 Å². The molecule has 0 aromatic heterocycles. The maximum absolute atomic E-state index is 2.35. The van der Waals surface area contributed by atoms with Crippen molar-refractivity contribution in [3.63, 3.8) is 0 Å². The first-order chi connectivity index (χ1) is 6.84. The largest absolute Gasteiger partial charge is 0.375 e. The van der Waals surface area contributed by atoms with E-state index in [9.17, 15) is 0 Å². The Balaban J connectivity index is 0.000000791. The summed E-state index contributed by atoms with van der Waals surface area (Å²) in [5.41, 5.74) is 1.40. The van der Waals surface area contributed by atoms with Gasteiger partial charge in [0.25, 0.3) is 0 Å². The molecule has 0 aromatic rings. The van der Waals surface area contributed by atoms with Gasteiger partial charge in [-0.2, -0.15) is 0 Å². The molecule has 0 spiro atoms. The molecule has 0 aliphatic heterocycles. The molecule has 1 rings (SSSR count). The minimum Gasteiger partial charge on any atom is -0.375 e. The molecule has 0 unspecified atom stereocenters. The first-order valence-corrected chi connectivity index (χ1v) is 5.92. The highest BCUT2D eigenvalue weighted by atomic mass is 15.1. The van der Waals surface area contributed by atoms with E-state index < -0.39 is 0 Å². The molecule has 0 N–H and O–H groups in total. The van der Waals surface area contributed by atoms with Gasteiger partial charge in [-0.05, 0) is 25.3 Å². The van der Waals surface area contributed by atoms with Crippen LogP contribution in [-0.2, 0) is 0 Å². The zero-order valence-corrected chi connectivity index (χ0v) is 10.2. The van der Waals surface area contributed by atoms with E-state index in [4.69, 9.17) is 0 Å². The van der Waals surface area contributed by atoms with Crippen molar-refractivity contribution in [3.05, 3.63) is 23.9 Å². The van der Waals surface area contributed by atoms with E-state index in [-0.39, 0.29) is 0 Å². The smallest absolute Gasteiger partial charge is 0.0319 e. The van der Waals surface area contributed by atoms with E-state index in [2.05, 4.69) is 37.1 Å². The number of likely N-dealkylation sites (N-methyl/N-ethyl adjacent to an activating group) is 1. The van der Waals surface area contributed by atoms with Gasteiger partial charge < -0.3 is 4.90 Å². The van der Waals surface area contributed by atoms with Gasteiger partial charge >= 0.3 is 0 Å². The molecule has 1 aliphatic rings. The van der Waals surface area contributed by atoms with Crippen LogP contribution < -0.4 is 0 Å². The Morgan fingerprint density at radius 1 is 1.29 bits per heavy atom. The highest BCUT2D eigenvalue weighted by Crippen LogP contribution is 2.12. The molecule has 0 heterocycles. The van der Waals surface area contributed by atoms with Gasteiger partial charge in [-0.15, -0.1) is 0 Å². The molecule has 82 valence electrons. The molecule has 0 atom stereocenters. The summed E-state index contributed by atoms with van der Waals surface area (Å²) in [5, 5.41) is 0. The lowest BCUT2D eigenvalue weighted by atomic mass is 10.1. The van der Waals surface area contributed by atoms with Crippen molar-refractivity contribution < 1.29 is 0 Å². The monoisotopic (exact) mass is 195 g/mol. The van der Waals surface area contributed by atoms with Crippen molar-refractivity contribution in [2.24, 2.45) is 0 Å². The maximum atomic E-state index is 2.35. The average molecular weight is 195 g/mol. The highest BCUT2D eigenvalue weighted by Gasteiger charge is 2.01. The number of hydrogen-bond donors (Lipinski definition) is 0. The minimum atomic E-state index is 1.19. The number of unbranched alkanes of at least 4 members (excludes halogenated alkanes) is 1. The van der Waals surface area contributed by atoms with Gasteiger partial charge in [0, 0.05) is 19.3 Å². The van der Waals surface area contributed by atoms with Crippen molar-refractivity contribution in [3.8, 4) is 0 Å². The Bertz CT molecular complexity index is 180. The summed E-state index contributed by atoms with van der Waals surface area (Å²) in [5.74, 6) is 0. The van der Waals surface area contributed by atoms with E-state index in [1.165, 1.54) is 37.9 Å². The lowest BCUT2D eigenvalue weighted by Gasteiger charge is -2.21. The van der Waals surface area contributed by atoms with Crippen LogP contribution in [0.25, 0.3) is 0 Å². The number of allylic oxidation sites excluding steroid dienone is 3. The second-order valence-electron chi connectivity index (χ2n) is 3.38. The second-order valence-corrected chi connectivity index (χ2v) is 3.38. The van der Waals surface area contributed by atoms with Gasteiger partial charge in [-0.3, -0.25) is 0 Å². The van der Waals surface area contributed by atoms with Crippen molar-refractivity contribution >= 4 is 0 Å². The second kappa shape index (κ2) is 8.86. The summed E-state index contributed by atoms with van der Waals surface area (Å²) in [6.07, 6.45) is 11.8. The molecule has 1 nitrogen and oxygen atoms in total. The van der Waals surface area contributed by atoms with Crippen LogP contribution in [-0.4, -0.2) is 18.5 Å². The SMILES string of the molecule is CC.CCCCN(C)C1=CCCC=C1. The first-order valence-electron chi connectivity index (χ1n) is 5.92. The molecule has 0 bridgehead atoms. The van der Waals surface area contributed by atoms with Crippen LogP contribution in [0.2, 0.25) is 0 Å². The molecule has 1 heteroatoms. The van der Waals surface area contributed by atoms with Crippen LogP contribution >= 0.6 is 0 Å². The van der Waals surface area contributed by atoms with Crippen LogP contribution in [0.3, 0.4) is 0 Å². The lowest BCUT2D eigenvalue weighted by molar-refractivity contribution is 0.415. The molecular weight excluding hydrogens is 170 g/mol. The normalized spacial score (nSPS) is 14.1. The van der Waals surface area contributed by atoms with Gasteiger partial charge in [-0.1, -0.05) is 39.3 Å². The molecule has 0 radical (unpaired) electrons. The fourth-order valence-electron chi connectivity index (χ4n) is 1.41. The van der Waals surface area contributed by atoms with Gasteiger partial charge in [0.15, 0.2) is 0 Å².